The Balaban J connectivity index is 2.45. The third-order valence-corrected chi connectivity index (χ3v) is 4.70. The van der Waals surface area contributed by atoms with Gasteiger partial charge in [0, 0.05) is 5.92 Å². The van der Waals surface area contributed by atoms with Gasteiger partial charge in [-0.1, -0.05) is 19.1 Å². The second-order valence-electron chi connectivity index (χ2n) is 4.73. The van der Waals surface area contributed by atoms with Crippen molar-refractivity contribution in [3.8, 4) is 0 Å². The van der Waals surface area contributed by atoms with Crippen molar-refractivity contribution < 1.29 is 17.6 Å². The summed E-state index contributed by atoms with van der Waals surface area (Å²) in [5, 5.41) is 0. The number of hydrogen-bond acceptors (Lipinski definition) is 4. The van der Waals surface area contributed by atoms with Gasteiger partial charge in [0.15, 0.2) is 0 Å². The number of carbonyl (C=O) groups excluding carboxylic acids is 1. The van der Waals surface area contributed by atoms with E-state index in [1.165, 1.54) is 6.07 Å². The molecule has 0 fully saturated rings. The molecular formula is C14H16N2O4S. The molecule has 0 saturated heterocycles. The Morgan fingerprint density at radius 1 is 1.33 bits per heavy atom. The van der Waals surface area contributed by atoms with E-state index >= 15 is 0 Å². The highest BCUT2D eigenvalue weighted by Crippen LogP contribution is 2.27. The topological polar surface area (TPSA) is 102 Å². The first-order chi connectivity index (χ1) is 9.81. The Bertz CT molecular complexity index is 751. The number of rotatable bonds is 4. The summed E-state index contributed by atoms with van der Waals surface area (Å²) in [6.45, 7) is 3.55. The molecule has 1 unspecified atom stereocenters. The molecule has 0 spiro atoms. The minimum absolute atomic E-state index is 0.0252. The average molecular weight is 308 g/mol. The van der Waals surface area contributed by atoms with Gasteiger partial charge in [-0.2, -0.15) is 0 Å². The maximum atomic E-state index is 12.1. The van der Waals surface area contributed by atoms with E-state index in [0.717, 1.165) is 11.3 Å². The van der Waals surface area contributed by atoms with Gasteiger partial charge in [-0.3, -0.25) is 0 Å². The van der Waals surface area contributed by atoms with Gasteiger partial charge in [-0.25, -0.2) is 17.9 Å². The lowest BCUT2D eigenvalue weighted by Crippen LogP contribution is -2.35. The summed E-state index contributed by atoms with van der Waals surface area (Å²) in [7, 11) is -3.97. The van der Waals surface area contributed by atoms with E-state index < -0.39 is 16.1 Å². The molecule has 21 heavy (non-hydrogen) atoms. The molecule has 6 nitrogen and oxygen atoms in total. The fourth-order valence-corrected chi connectivity index (χ4v) is 3.22. The number of carbonyl (C=O) groups is 1. The summed E-state index contributed by atoms with van der Waals surface area (Å²) in [6.07, 6.45) is 1.56. The lowest BCUT2D eigenvalue weighted by atomic mass is 9.98. The van der Waals surface area contributed by atoms with Gasteiger partial charge >= 0.3 is 6.03 Å². The van der Waals surface area contributed by atoms with Gasteiger partial charge in [0.2, 0.25) is 0 Å². The largest absolute Gasteiger partial charge is 0.469 e. The van der Waals surface area contributed by atoms with Crippen molar-refractivity contribution in [2.24, 2.45) is 5.73 Å². The number of urea groups is 1. The molecule has 112 valence electrons. The zero-order valence-electron chi connectivity index (χ0n) is 11.7. The normalized spacial score (nSPS) is 12.9. The third-order valence-electron chi connectivity index (χ3n) is 3.21. The van der Waals surface area contributed by atoms with Crippen LogP contribution in [-0.4, -0.2) is 14.4 Å². The predicted molar refractivity (Wildman–Crippen MR) is 77.3 cm³/mol. The molecule has 0 aliphatic carbocycles. The predicted octanol–water partition coefficient (Wildman–Crippen LogP) is 2.10. The molecule has 0 radical (unpaired) electrons. The maximum Gasteiger partial charge on any atom is 0.326 e. The van der Waals surface area contributed by atoms with E-state index in [1.54, 1.807) is 30.0 Å². The summed E-state index contributed by atoms with van der Waals surface area (Å²) in [4.78, 5) is 10.8. The number of primary amides is 1. The van der Waals surface area contributed by atoms with E-state index in [0.29, 0.717) is 5.56 Å². The van der Waals surface area contributed by atoms with Crippen molar-refractivity contribution in [2.45, 2.75) is 24.7 Å². The molecule has 0 aliphatic rings. The van der Waals surface area contributed by atoms with Crippen molar-refractivity contribution in [3.05, 3.63) is 53.5 Å². The van der Waals surface area contributed by atoms with Crippen molar-refractivity contribution in [3.63, 3.8) is 0 Å². The third kappa shape index (κ3) is 3.25. The summed E-state index contributed by atoms with van der Waals surface area (Å²) < 4.78 is 31.3. The summed E-state index contributed by atoms with van der Waals surface area (Å²) in [5.74, 6) is 0.619. The van der Waals surface area contributed by atoms with Crippen LogP contribution in [0.15, 0.2) is 45.9 Å². The van der Waals surface area contributed by atoms with E-state index in [1.807, 2.05) is 19.1 Å². The zero-order valence-corrected chi connectivity index (χ0v) is 12.5. The molecule has 2 rings (SSSR count). The van der Waals surface area contributed by atoms with Crippen LogP contribution < -0.4 is 10.5 Å². The van der Waals surface area contributed by atoms with Crippen molar-refractivity contribution in [2.75, 3.05) is 0 Å². The zero-order chi connectivity index (χ0) is 15.6. The van der Waals surface area contributed by atoms with Crippen LogP contribution in [0.5, 0.6) is 0 Å². The van der Waals surface area contributed by atoms with Crippen molar-refractivity contribution in [1.82, 2.24) is 4.72 Å². The Morgan fingerprint density at radius 2 is 2.05 bits per heavy atom. The highest BCUT2D eigenvalue weighted by atomic mass is 32.2. The standard InChI is InChI=1S/C14H16N2O4S/c1-9-5-6-11(10(2)12-4-3-7-20-12)8-13(9)21(18,19)16-14(15)17/h3-8,10H,1-2H3,(H3,15,16,17). The number of nitrogens with one attached hydrogen (secondary N) is 1. The first kappa shape index (κ1) is 15.1. The van der Waals surface area contributed by atoms with Crippen LogP contribution in [0, 0.1) is 6.92 Å². The van der Waals surface area contributed by atoms with Gasteiger partial charge in [0.05, 0.1) is 11.2 Å². The fraction of sp³-hybridized carbons (Fsp3) is 0.214. The Kier molecular flexibility index (Phi) is 4.04. The first-order valence-corrected chi connectivity index (χ1v) is 7.76. The Morgan fingerprint density at radius 3 is 2.62 bits per heavy atom. The molecule has 1 atom stereocenters. The van der Waals surface area contributed by atoms with Gasteiger partial charge in [-0.05, 0) is 36.2 Å². The van der Waals surface area contributed by atoms with E-state index in [4.69, 9.17) is 10.2 Å². The van der Waals surface area contributed by atoms with Crippen LogP contribution >= 0.6 is 0 Å². The van der Waals surface area contributed by atoms with Crippen LogP contribution in [0.4, 0.5) is 4.79 Å². The number of nitrogens with two attached hydrogens (primary N) is 1. The average Bonchev–Trinajstić information content (AvgIpc) is 2.90. The molecule has 1 aromatic heterocycles. The van der Waals surface area contributed by atoms with E-state index in [2.05, 4.69) is 0 Å². The lowest BCUT2D eigenvalue weighted by molar-refractivity contribution is 0.253. The molecule has 7 heteroatoms. The monoisotopic (exact) mass is 308 g/mol. The van der Waals surface area contributed by atoms with Gasteiger partial charge < -0.3 is 10.2 Å². The quantitative estimate of drug-likeness (QED) is 0.902. The van der Waals surface area contributed by atoms with Crippen LogP contribution in [0.3, 0.4) is 0 Å². The van der Waals surface area contributed by atoms with E-state index in [-0.39, 0.29) is 10.8 Å². The Labute approximate surface area is 123 Å². The van der Waals surface area contributed by atoms with Crippen LogP contribution in [0.2, 0.25) is 0 Å². The second kappa shape index (κ2) is 5.61. The molecule has 0 aliphatic heterocycles. The molecule has 1 aromatic carbocycles. The van der Waals surface area contributed by atoms with E-state index in [9.17, 15) is 13.2 Å². The summed E-state index contributed by atoms with van der Waals surface area (Å²) >= 11 is 0. The van der Waals surface area contributed by atoms with Crippen LogP contribution in [0.25, 0.3) is 0 Å². The molecule has 0 saturated carbocycles. The van der Waals surface area contributed by atoms with Crippen LogP contribution in [0.1, 0.15) is 29.7 Å². The van der Waals surface area contributed by atoms with Gasteiger partial charge in [0.1, 0.15) is 5.76 Å². The maximum absolute atomic E-state index is 12.1. The second-order valence-corrected chi connectivity index (χ2v) is 6.38. The summed E-state index contributed by atoms with van der Waals surface area (Å²) in [5.41, 5.74) is 6.19. The molecule has 3 N–H and O–H groups in total. The van der Waals surface area contributed by atoms with Gasteiger partial charge in [-0.15, -0.1) is 0 Å². The number of sulfonamides is 1. The smallest absolute Gasteiger partial charge is 0.326 e. The molecule has 2 amide bonds. The SMILES string of the molecule is Cc1ccc(C(C)c2ccco2)cc1S(=O)(=O)NC(N)=O. The highest BCUT2D eigenvalue weighted by Gasteiger charge is 2.21. The fourth-order valence-electron chi connectivity index (χ4n) is 2.06. The summed E-state index contributed by atoms with van der Waals surface area (Å²) in [6, 6.07) is 7.51. The molecule has 1 heterocycles. The number of furan rings is 1. The Hall–Kier alpha value is -2.28. The molecular weight excluding hydrogens is 292 g/mol. The van der Waals surface area contributed by atoms with Crippen molar-refractivity contribution >= 4 is 16.1 Å². The number of hydrogen-bond donors (Lipinski definition) is 2. The van der Waals surface area contributed by atoms with Gasteiger partial charge in [0.25, 0.3) is 10.0 Å². The number of aryl methyl sites for hydroxylation is 1. The first-order valence-electron chi connectivity index (χ1n) is 6.27. The van der Waals surface area contributed by atoms with Crippen LogP contribution in [-0.2, 0) is 10.0 Å². The minimum atomic E-state index is -3.97. The van der Waals surface area contributed by atoms with Crippen molar-refractivity contribution in [1.29, 1.82) is 0 Å². The minimum Gasteiger partial charge on any atom is -0.469 e. The molecule has 2 aromatic rings. The highest BCUT2D eigenvalue weighted by molar-refractivity contribution is 7.90. The lowest BCUT2D eigenvalue weighted by Gasteiger charge is -2.13. The number of amides is 2. The number of benzene rings is 1. The molecule has 0 bridgehead atoms.